The van der Waals surface area contributed by atoms with Crippen molar-refractivity contribution in [3.63, 3.8) is 0 Å². The van der Waals surface area contributed by atoms with Gasteiger partial charge in [0.1, 0.15) is 5.76 Å². The highest BCUT2D eigenvalue weighted by Gasteiger charge is 2.26. The maximum absolute atomic E-state index is 11.3. The number of hydrogen-bond acceptors (Lipinski definition) is 3. The predicted octanol–water partition coefficient (Wildman–Crippen LogP) is 1.92. The number of hydrogen-bond donors (Lipinski definition) is 1. The molecular weight excluding hydrogens is 168 g/mol. The number of allylic oxidation sites excluding steroid dienone is 2. The van der Waals surface area contributed by atoms with Gasteiger partial charge in [-0.1, -0.05) is 6.92 Å². The minimum atomic E-state index is -0.192. The molecule has 0 heterocycles. The molecule has 1 aliphatic carbocycles. The van der Waals surface area contributed by atoms with Gasteiger partial charge in [0.05, 0.1) is 5.57 Å². The zero-order chi connectivity index (χ0) is 9.84. The van der Waals surface area contributed by atoms with Crippen molar-refractivity contribution in [2.45, 2.75) is 39.0 Å². The van der Waals surface area contributed by atoms with E-state index in [1.807, 2.05) is 6.92 Å². The van der Waals surface area contributed by atoms with Gasteiger partial charge in [-0.05, 0) is 12.8 Å². The number of aliphatic hydroxyl groups excluding tert-OH is 1. The van der Waals surface area contributed by atoms with Crippen molar-refractivity contribution in [2.75, 3.05) is 0 Å². The monoisotopic (exact) mass is 182 g/mol. The van der Waals surface area contributed by atoms with Gasteiger partial charge >= 0.3 is 0 Å². The molecule has 13 heavy (non-hydrogen) atoms. The third-order valence-electron chi connectivity index (χ3n) is 2.14. The summed E-state index contributed by atoms with van der Waals surface area (Å²) in [6.07, 6.45) is 2.59. The quantitative estimate of drug-likeness (QED) is 0.403. The topological polar surface area (TPSA) is 54.4 Å². The van der Waals surface area contributed by atoms with Crippen LogP contribution in [0.1, 0.15) is 39.0 Å². The summed E-state index contributed by atoms with van der Waals surface area (Å²) in [5.41, 5.74) is 0.0631. The molecule has 1 N–H and O–H groups in total. The maximum Gasteiger partial charge on any atom is 0.169 e. The van der Waals surface area contributed by atoms with Gasteiger partial charge in [0.2, 0.25) is 0 Å². The molecule has 72 valence electrons. The molecule has 0 aromatic heterocycles. The highest BCUT2D eigenvalue weighted by Crippen LogP contribution is 2.20. The molecule has 0 aromatic carbocycles. The SMILES string of the molecule is CCCC(O)=C1C(=O)CCCC1=O. The molecule has 3 nitrogen and oxygen atoms in total. The molecule has 0 spiro atoms. The fourth-order valence-corrected chi connectivity index (χ4v) is 1.50. The zero-order valence-corrected chi connectivity index (χ0v) is 7.80. The number of carbonyl (C=O) groups excluding carboxylic acids is 2. The summed E-state index contributed by atoms with van der Waals surface area (Å²) in [6, 6.07) is 0. The molecule has 0 bridgehead atoms. The molecule has 0 unspecified atom stereocenters. The van der Waals surface area contributed by atoms with Crippen molar-refractivity contribution in [2.24, 2.45) is 0 Å². The molecule has 1 aliphatic rings. The Hall–Kier alpha value is -1.12. The summed E-state index contributed by atoms with van der Waals surface area (Å²) in [5, 5.41) is 9.45. The van der Waals surface area contributed by atoms with Gasteiger partial charge in [0.15, 0.2) is 11.6 Å². The first-order valence-corrected chi connectivity index (χ1v) is 4.65. The van der Waals surface area contributed by atoms with Crippen molar-refractivity contribution in [3.8, 4) is 0 Å². The van der Waals surface area contributed by atoms with Crippen LogP contribution in [0.15, 0.2) is 11.3 Å². The third-order valence-corrected chi connectivity index (χ3v) is 2.14. The van der Waals surface area contributed by atoms with E-state index in [0.717, 1.165) is 6.42 Å². The Kier molecular flexibility index (Phi) is 3.23. The molecule has 0 saturated heterocycles. The second kappa shape index (κ2) is 4.21. The van der Waals surface area contributed by atoms with Gasteiger partial charge in [-0.15, -0.1) is 0 Å². The Morgan fingerprint density at radius 1 is 1.31 bits per heavy atom. The van der Waals surface area contributed by atoms with Gasteiger partial charge < -0.3 is 5.11 Å². The molecule has 0 atom stereocenters. The molecule has 1 saturated carbocycles. The Labute approximate surface area is 77.4 Å². The van der Waals surface area contributed by atoms with Crippen molar-refractivity contribution < 1.29 is 14.7 Å². The van der Waals surface area contributed by atoms with Crippen LogP contribution in [-0.4, -0.2) is 16.7 Å². The van der Waals surface area contributed by atoms with Crippen LogP contribution in [0.2, 0.25) is 0 Å². The maximum atomic E-state index is 11.3. The third kappa shape index (κ3) is 2.17. The first-order valence-electron chi connectivity index (χ1n) is 4.65. The number of Topliss-reactive ketones (excluding diaryl/α,β-unsaturated/α-hetero) is 2. The van der Waals surface area contributed by atoms with Crippen LogP contribution in [0, 0.1) is 0 Å². The normalized spacial score (nSPS) is 17.8. The number of carbonyl (C=O) groups is 2. The number of ketones is 2. The van der Waals surface area contributed by atoms with Gasteiger partial charge in [-0.3, -0.25) is 9.59 Å². The summed E-state index contributed by atoms with van der Waals surface area (Å²) in [7, 11) is 0. The smallest absolute Gasteiger partial charge is 0.169 e. The lowest BCUT2D eigenvalue weighted by Crippen LogP contribution is -2.20. The van der Waals surface area contributed by atoms with E-state index in [-0.39, 0.29) is 22.9 Å². The van der Waals surface area contributed by atoms with E-state index in [1.54, 1.807) is 0 Å². The van der Waals surface area contributed by atoms with Crippen LogP contribution in [0.4, 0.5) is 0 Å². The average molecular weight is 182 g/mol. The fourth-order valence-electron chi connectivity index (χ4n) is 1.50. The second-order valence-electron chi connectivity index (χ2n) is 3.27. The van der Waals surface area contributed by atoms with E-state index in [2.05, 4.69) is 0 Å². The lowest BCUT2D eigenvalue weighted by Gasteiger charge is -2.13. The largest absolute Gasteiger partial charge is 0.511 e. The molecule has 0 aromatic rings. The van der Waals surface area contributed by atoms with Crippen LogP contribution in [0.5, 0.6) is 0 Å². The van der Waals surface area contributed by atoms with E-state index in [4.69, 9.17) is 0 Å². The highest BCUT2D eigenvalue weighted by molar-refractivity contribution is 6.21. The van der Waals surface area contributed by atoms with Crippen molar-refractivity contribution in [1.29, 1.82) is 0 Å². The summed E-state index contributed by atoms with van der Waals surface area (Å²) in [4.78, 5) is 22.6. The van der Waals surface area contributed by atoms with Crippen molar-refractivity contribution in [3.05, 3.63) is 11.3 Å². The molecule has 0 aliphatic heterocycles. The summed E-state index contributed by atoms with van der Waals surface area (Å²) in [5.74, 6) is -0.401. The van der Waals surface area contributed by atoms with Gasteiger partial charge in [-0.25, -0.2) is 0 Å². The van der Waals surface area contributed by atoms with Crippen molar-refractivity contribution >= 4 is 11.6 Å². The molecule has 3 heteroatoms. The Bertz CT molecular complexity index is 245. The summed E-state index contributed by atoms with van der Waals surface area (Å²) >= 11 is 0. The Morgan fingerprint density at radius 3 is 2.31 bits per heavy atom. The molecule has 0 radical (unpaired) electrons. The molecule has 0 amide bonds. The Balaban J connectivity index is 2.90. The zero-order valence-electron chi connectivity index (χ0n) is 7.80. The van der Waals surface area contributed by atoms with E-state index in [1.165, 1.54) is 0 Å². The van der Waals surface area contributed by atoms with E-state index in [0.29, 0.717) is 25.7 Å². The van der Waals surface area contributed by atoms with Gasteiger partial charge in [0, 0.05) is 19.3 Å². The summed E-state index contributed by atoms with van der Waals surface area (Å²) < 4.78 is 0. The van der Waals surface area contributed by atoms with Crippen LogP contribution in [0.25, 0.3) is 0 Å². The van der Waals surface area contributed by atoms with Gasteiger partial charge in [-0.2, -0.15) is 0 Å². The van der Waals surface area contributed by atoms with E-state index in [9.17, 15) is 14.7 Å². The van der Waals surface area contributed by atoms with Crippen LogP contribution in [0.3, 0.4) is 0 Å². The van der Waals surface area contributed by atoms with Crippen LogP contribution >= 0.6 is 0 Å². The second-order valence-corrected chi connectivity index (χ2v) is 3.27. The minimum Gasteiger partial charge on any atom is -0.511 e. The standard InChI is InChI=1S/C10H14O3/c1-2-4-7(11)10-8(12)5-3-6-9(10)13/h11H,2-6H2,1H3. The van der Waals surface area contributed by atoms with Crippen LogP contribution in [-0.2, 0) is 9.59 Å². The number of rotatable bonds is 2. The fraction of sp³-hybridized carbons (Fsp3) is 0.600. The average Bonchev–Trinajstić information content (AvgIpc) is 2.04. The first kappa shape index (κ1) is 9.96. The van der Waals surface area contributed by atoms with Crippen LogP contribution < -0.4 is 0 Å². The lowest BCUT2D eigenvalue weighted by molar-refractivity contribution is -0.124. The highest BCUT2D eigenvalue weighted by atomic mass is 16.3. The first-order chi connectivity index (χ1) is 6.16. The molecular formula is C10H14O3. The summed E-state index contributed by atoms with van der Waals surface area (Å²) in [6.45, 7) is 1.90. The van der Waals surface area contributed by atoms with E-state index < -0.39 is 0 Å². The molecule has 1 fully saturated rings. The number of aliphatic hydroxyl groups is 1. The Morgan fingerprint density at radius 2 is 1.85 bits per heavy atom. The predicted molar refractivity (Wildman–Crippen MR) is 48.4 cm³/mol. The minimum absolute atomic E-state index is 0.0165. The van der Waals surface area contributed by atoms with E-state index >= 15 is 0 Å². The van der Waals surface area contributed by atoms with Gasteiger partial charge in [0.25, 0.3) is 0 Å². The van der Waals surface area contributed by atoms with Crippen molar-refractivity contribution in [1.82, 2.24) is 0 Å². The molecule has 1 rings (SSSR count). The lowest BCUT2D eigenvalue weighted by atomic mass is 9.90.